The highest BCUT2D eigenvalue weighted by molar-refractivity contribution is 14.1. The van der Waals surface area contributed by atoms with Crippen LogP contribution in [0.4, 0.5) is 0 Å². The molecule has 1 fully saturated rings. The molecule has 27 heavy (non-hydrogen) atoms. The van der Waals surface area contributed by atoms with Crippen LogP contribution >= 0.6 is 46.1 Å². The molecular formula is C19H21IO5S2. The molecule has 5 nitrogen and oxygen atoms in total. The van der Waals surface area contributed by atoms with Gasteiger partial charge < -0.3 is 24.1 Å². The lowest BCUT2D eigenvalue weighted by atomic mass is 10.1. The number of aromatic hydroxyl groups is 1. The number of benzene rings is 2. The molecular weight excluding hydrogens is 499 g/mol. The van der Waals surface area contributed by atoms with Gasteiger partial charge in [-0.2, -0.15) is 0 Å². The van der Waals surface area contributed by atoms with E-state index in [1.165, 1.54) is 0 Å². The van der Waals surface area contributed by atoms with Crippen LogP contribution in [0.25, 0.3) is 0 Å². The second kappa shape index (κ2) is 8.91. The molecule has 2 atom stereocenters. The predicted molar refractivity (Wildman–Crippen MR) is 119 cm³/mol. The zero-order valence-corrected chi connectivity index (χ0v) is 19.2. The fourth-order valence-corrected chi connectivity index (χ4v) is 6.81. The molecule has 1 aliphatic heterocycles. The summed E-state index contributed by atoms with van der Waals surface area (Å²) in [4.78, 5) is 0. The zero-order chi connectivity index (χ0) is 19.6. The van der Waals surface area contributed by atoms with Crippen LogP contribution in [0.1, 0.15) is 21.0 Å². The van der Waals surface area contributed by atoms with Gasteiger partial charge in [0.1, 0.15) is 0 Å². The highest BCUT2D eigenvalue weighted by Crippen LogP contribution is 2.57. The molecule has 1 aliphatic rings. The van der Waals surface area contributed by atoms with Gasteiger partial charge in [-0.25, -0.2) is 0 Å². The number of thioether (sulfide) groups is 2. The van der Waals surface area contributed by atoms with Crippen LogP contribution in [0.15, 0.2) is 24.3 Å². The zero-order valence-electron chi connectivity index (χ0n) is 15.4. The Morgan fingerprint density at radius 1 is 0.889 bits per heavy atom. The molecule has 1 heterocycles. The Balaban J connectivity index is 1.87. The summed E-state index contributed by atoms with van der Waals surface area (Å²) in [6.07, 6.45) is 0. The summed E-state index contributed by atoms with van der Waals surface area (Å²) in [5.41, 5.74) is 2.28. The molecule has 0 bridgehead atoms. The van der Waals surface area contributed by atoms with Gasteiger partial charge in [-0.05, 0) is 58.0 Å². The molecule has 0 aromatic heterocycles. The highest BCUT2D eigenvalue weighted by atomic mass is 127. The van der Waals surface area contributed by atoms with Crippen LogP contribution in [0.3, 0.4) is 0 Å². The van der Waals surface area contributed by atoms with Crippen molar-refractivity contribution in [3.8, 4) is 28.7 Å². The average molecular weight is 520 g/mol. The Bertz CT molecular complexity index is 805. The van der Waals surface area contributed by atoms with Crippen LogP contribution in [0, 0.1) is 3.57 Å². The standard InChI is InChI=1S/C19H21IO5S2/c1-22-13-8-11(5-12(20)17(13)21)19-26-9-16(27-19)10-6-14(23-2)18(25-4)15(7-10)24-3/h5-8,16,19,21H,9H2,1-4H3/t16-,19-/m1/s1. The van der Waals surface area contributed by atoms with Crippen LogP contribution in [0.2, 0.25) is 0 Å². The molecule has 0 aliphatic carbocycles. The number of halogens is 1. The summed E-state index contributed by atoms with van der Waals surface area (Å²) in [7, 11) is 6.44. The van der Waals surface area contributed by atoms with Gasteiger partial charge in [0.25, 0.3) is 0 Å². The smallest absolute Gasteiger partial charge is 0.203 e. The number of phenolic OH excluding ortho intramolecular Hbond substituents is 1. The number of phenols is 1. The Kier molecular flexibility index (Phi) is 6.80. The van der Waals surface area contributed by atoms with Crippen LogP contribution in [-0.4, -0.2) is 39.3 Å². The van der Waals surface area contributed by atoms with Crippen molar-refractivity contribution in [1.82, 2.24) is 0 Å². The van der Waals surface area contributed by atoms with E-state index in [-0.39, 0.29) is 10.3 Å². The second-order valence-corrected chi connectivity index (χ2v) is 9.71. The molecule has 146 valence electrons. The average Bonchev–Trinajstić information content (AvgIpc) is 3.18. The van der Waals surface area contributed by atoms with E-state index in [2.05, 4.69) is 22.6 Å². The first-order valence-electron chi connectivity index (χ1n) is 8.15. The number of hydrogen-bond acceptors (Lipinski definition) is 7. The predicted octanol–water partition coefficient (Wildman–Crippen LogP) is 5.25. The van der Waals surface area contributed by atoms with E-state index in [9.17, 15) is 5.11 Å². The lowest BCUT2D eigenvalue weighted by molar-refractivity contribution is 0.324. The highest BCUT2D eigenvalue weighted by Gasteiger charge is 2.31. The van der Waals surface area contributed by atoms with Crippen LogP contribution < -0.4 is 18.9 Å². The van der Waals surface area contributed by atoms with E-state index >= 15 is 0 Å². The molecule has 1 N–H and O–H groups in total. The maximum absolute atomic E-state index is 10.1. The Morgan fingerprint density at radius 2 is 1.48 bits per heavy atom. The topological polar surface area (TPSA) is 57.2 Å². The summed E-state index contributed by atoms with van der Waals surface area (Å²) in [5, 5.41) is 10.4. The van der Waals surface area contributed by atoms with Gasteiger partial charge in [0.2, 0.25) is 5.75 Å². The molecule has 0 amide bonds. The van der Waals surface area contributed by atoms with Crippen molar-refractivity contribution in [1.29, 1.82) is 0 Å². The first kappa shape index (κ1) is 20.6. The van der Waals surface area contributed by atoms with Gasteiger partial charge in [0.15, 0.2) is 23.0 Å². The van der Waals surface area contributed by atoms with E-state index in [0.29, 0.717) is 28.2 Å². The molecule has 0 spiro atoms. The maximum Gasteiger partial charge on any atom is 0.203 e. The summed E-state index contributed by atoms with van der Waals surface area (Å²) in [6, 6.07) is 7.96. The summed E-state index contributed by atoms with van der Waals surface area (Å²) in [6.45, 7) is 0. The maximum atomic E-state index is 10.1. The number of ether oxygens (including phenoxy) is 4. The first-order valence-corrected chi connectivity index (χ1v) is 11.2. The summed E-state index contributed by atoms with van der Waals surface area (Å²) < 4.78 is 22.7. The Hall–Kier alpha value is -1.13. The third-order valence-corrected chi connectivity index (χ3v) is 8.45. The van der Waals surface area contributed by atoms with Crippen molar-refractivity contribution in [3.63, 3.8) is 0 Å². The van der Waals surface area contributed by atoms with E-state index in [1.54, 1.807) is 28.4 Å². The molecule has 8 heteroatoms. The molecule has 0 unspecified atom stereocenters. The number of hydrogen-bond donors (Lipinski definition) is 1. The minimum atomic E-state index is 0.191. The van der Waals surface area contributed by atoms with Crippen molar-refractivity contribution in [2.45, 2.75) is 9.83 Å². The van der Waals surface area contributed by atoms with Crippen LogP contribution in [0.5, 0.6) is 28.7 Å². The van der Waals surface area contributed by atoms with Gasteiger partial charge in [-0.3, -0.25) is 0 Å². The van der Waals surface area contributed by atoms with Gasteiger partial charge in [0.05, 0.1) is 36.6 Å². The van der Waals surface area contributed by atoms with Gasteiger partial charge >= 0.3 is 0 Å². The van der Waals surface area contributed by atoms with Crippen molar-refractivity contribution < 1.29 is 24.1 Å². The van der Waals surface area contributed by atoms with Crippen molar-refractivity contribution in [2.75, 3.05) is 34.2 Å². The quantitative estimate of drug-likeness (QED) is 0.523. The normalized spacial score (nSPS) is 19.0. The Labute approximate surface area is 181 Å². The lowest BCUT2D eigenvalue weighted by Gasteiger charge is -2.17. The Morgan fingerprint density at radius 3 is 2.04 bits per heavy atom. The van der Waals surface area contributed by atoms with Crippen molar-refractivity contribution >= 4 is 46.1 Å². The van der Waals surface area contributed by atoms with Crippen molar-refractivity contribution in [2.24, 2.45) is 0 Å². The molecule has 2 aromatic rings. The molecule has 0 saturated carbocycles. The lowest BCUT2D eigenvalue weighted by Crippen LogP contribution is -1.99. The summed E-state index contributed by atoms with van der Waals surface area (Å²) in [5.74, 6) is 3.61. The third-order valence-electron chi connectivity index (χ3n) is 4.29. The summed E-state index contributed by atoms with van der Waals surface area (Å²) >= 11 is 5.88. The van der Waals surface area contributed by atoms with Gasteiger partial charge in [-0.15, -0.1) is 23.5 Å². The van der Waals surface area contributed by atoms with E-state index < -0.39 is 0 Å². The molecule has 3 rings (SSSR count). The molecule has 1 saturated heterocycles. The van der Waals surface area contributed by atoms with Crippen molar-refractivity contribution in [3.05, 3.63) is 39.0 Å². The first-order chi connectivity index (χ1) is 13.0. The molecule has 2 aromatic carbocycles. The fourth-order valence-electron chi connectivity index (χ4n) is 2.92. The minimum absolute atomic E-state index is 0.191. The van der Waals surface area contributed by atoms with Crippen LogP contribution in [-0.2, 0) is 0 Å². The van der Waals surface area contributed by atoms with E-state index in [0.717, 1.165) is 20.4 Å². The second-order valence-electron chi connectivity index (χ2n) is 5.80. The minimum Gasteiger partial charge on any atom is -0.504 e. The number of methoxy groups -OCH3 is 4. The third kappa shape index (κ3) is 4.17. The van der Waals surface area contributed by atoms with E-state index in [4.69, 9.17) is 18.9 Å². The van der Waals surface area contributed by atoms with Gasteiger partial charge in [0, 0.05) is 11.0 Å². The van der Waals surface area contributed by atoms with Gasteiger partial charge in [-0.1, -0.05) is 0 Å². The number of rotatable bonds is 6. The van der Waals surface area contributed by atoms with E-state index in [1.807, 2.05) is 47.8 Å². The largest absolute Gasteiger partial charge is 0.504 e. The monoisotopic (exact) mass is 520 g/mol. The SMILES string of the molecule is COc1cc([C@@H]2SC[C@H](c3cc(OC)c(OC)c(OC)c3)S2)cc(I)c1O. The molecule has 0 radical (unpaired) electrons. The fraction of sp³-hybridized carbons (Fsp3) is 0.368.